The molecule has 0 aromatic carbocycles. The molecular formula is C12H14N2O5. The summed E-state index contributed by atoms with van der Waals surface area (Å²) in [5.41, 5.74) is -0.00726. The zero-order valence-corrected chi connectivity index (χ0v) is 10.4. The standard InChI is InChI=1S/C12H14N2O5/c1-2-3-9-10(15)14(12(18)13-9)5-8-4-7(6-19-8)11(16)17/h4,6,9H,2-3,5H2,1H3,(H,13,18)(H,16,17). The third kappa shape index (κ3) is 2.59. The highest BCUT2D eigenvalue weighted by molar-refractivity contribution is 6.04. The minimum Gasteiger partial charge on any atom is -0.478 e. The molecule has 1 aliphatic heterocycles. The second kappa shape index (κ2) is 5.13. The van der Waals surface area contributed by atoms with Crippen molar-refractivity contribution in [1.82, 2.24) is 10.2 Å². The molecule has 2 rings (SSSR count). The fourth-order valence-electron chi connectivity index (χ4n) is 1.94. The van der Waals surface area contributed by atoms with E-state index < -0.39 is 18.0 Å². The van der Waals surface area contributed by atoms with Gasteiger partial charge >= 0.3 is 12.0 Å². The van der Waals surface area contributed by atoms with Gasteiger partial charge in [-0.2, -0.15) is 0 Å². The fourth-order valence-corrected chi connectivity index (χ4v) is 1.94. The van der Waals surface area contributed by atoms with Crippen LogP contribution in [0.25, 0.3) is 0 Å². The number of furan rings is 1. The van der Waals surface area contributed by atoms with Crippen LogP contribution in [-0.4, -0.2) is 34.0 Å². The van der Waals surface area contributed by atoms with Crippen molar-refractivity contribution in [2.75, 3.05) is 0 Å². The number of carbonyl (C=O) groups is 3. The second-order valence-corrected chi connectivity index (χ2v) is 4.32. The van der Waals surface area contributed by atoms with Crippen LogP contribution in [0.1, 0.15) is 35.9 Å². The van der Waals surface area contributed by atoms with Crippen LogP contribution in [0.15, 0.2) is 16.7 Å². The monoisotopic (exact) mass is 266 g/mol. The predicted molar refractivity (Wildman–Crippen MR) is 63.4 cm³/mol. The van der Waals surface area contributed by atoms with Crippen LogP contribution >= 0.6 is 0 Å². The highest BCUT2D eigenvalue weighted by Crippen LogP contribution is 2.16. The van der Waals surface area contributed by atoms with Gasteiger partial charge in [0.2, 0.25) is 0 Å². The van der Waals surface area contributed by atoms with Crippen LogP contribution in [0, 0.1) is 0 Å². The molecule has 102 valence electrons. The first kappa shape index (κ1) is 13.1. The van der Waals surface area contributed by atoms with E-state index in [-0.39, 0.29) is 23.8 Å². The summed E-state index contributed by atoms with van der Waals surface area (Å²) >= 11 is 0. The quantitative estimate of drug-likeness (QED) is 0.780. The summed E-state index contributed by atoms with van der Waals surface area (Å²) in [5.74, 6) is -1.16. The molecule has 2 heterocycles. The van der Waals surface area contributed by atoms with Crippen LogP contribution in [0.4, 0.5) is 4.79 Å². The lowest BCUT2D eigenvalue weighted by molar-refractivity contribution is -0.128. The molecule has 7 heteroatoms. The number of hydrogen-bond acceptors (Lipinski definition) is 4. The number of urea groups is 1. The molecule has 0 radical (unpaired) electrons. The van der Waals surface area contributed by atoms with Gasteiger partial charge in [0.05, 0.1) is 12.1 Å². The average Bonchev–Trinajstić information content (AvgIpc) is 2.91. The lowest BCUT2D eigenvalue weighted by atomic mass is 10.2. The first-order chi connectivity index (χ1) is 9.02. The highest BCUT2D eigenvalue weighted by Gasteiger charge is 2.37. The number of hydrogen-bond donors (Lipinski definition) is 2. The van der Waals surface area contributed by atoms with Gasteiger partial charge in [-0.05, 0) is 12.5 Å². The number of rotatable bonds is 5. The summed E-state index contributed by atoms with van der Waals surface area (Å²) in [5, 5.41) is 11.3. The van der Waals surface area contributed by atoms with E-state index in [4.69, 9.17) is 9.52 Å². The lowest BCUT2D eigenvalue weighted by Crippen LogP contribution is -2.30. The first-order valence-corrected chi connectivity index (χ1v) is 5.95. The van der Waals surface area contributed by atoms with E-state index in [1.54, 1.807) is 0 Å². The van der Waals surface area contributed by atoms with E-state index >= 15 is 0 Å². The maximum Gasteiger partial charge on any atom is 0.338 e. The smallest absolute Gasteiger partial charge is 0.338 e. The van der Waals surface area contributed by atoms with Crippen molar-refractivity contribution in [3.8, 4) is 0 Å². The Morgan fingerprint density at radius 2 is 2.26 bits per heavy atom. The molecule has 1 atom stereocenters. The fraction of sp³-hybridized carbons (Fsp3) is 0.417. The average molecular weight is 266 g/mol. The molecule has 0 spiro atoms. The molecule has 1 unspecified atom stereocenters. The van der Waals surface area contributed by atoms with E-state index in [9.17, 15) is 14.4 Å². The Morgan fingerprint density at radius 1 is 1.53 bits per heavy atom. The lowest BCUT2D eigenvalue weighted by Gasteiger charge is -2.10. The Kier molecular flexibility index (Phi) is 3.55. The number of nitrogens with one attached hydrogen (secondary N) is 1. The minimum absolute atomic E-state index is 0.00726. The molecule has 0 saturated carbocycles. The Balaban J connectivity index is 2.07. The van der Waals surface area contributed by atoms with Gasteiger partial charge in [-0.1, -0.05) is 13.3 Å². The molecule has 3 amide bonds. The molecule has 0 bridgehead atoms. The maximum atomic E-state index is 11.9. The molecular weight excluding hydrogens is 252 g/mol. The summed E-state index contributed by atoms with van der Waals surface area (Å²) in [6.07, 6.45) is 2.45. The van der Waals surface area contributed by atoms with E-state index in [0.29, 0.717) is 6.42 Å². The number of nitrogens with zero attached hydrogens (tertiary/aromatic N) is 1. The van der Waals surface area contributed by atoms with E-state index in [1.165, 1.54) is 6.07 Å². The molecule has 1 aromatic heterocycles. The number of amides is 3. The maximum absolute atomic E-state index is 11.9. The summed E-state index contributed by atoms with van der Waals surface area (Å²) in [4.78, 5) is 35.3. The first-order valence-electron chi connectivity index (χ1n) is 5.95. The molecule has 19 heavy (non-hydrogen) atoms. The topological polar surface area (TPSA) is 99.8 Å². The van der Waals surface area contributed by atoms with Gasteiger partial charge in [0.15, 0.2) is 0 Å². The predicted octanol–water partition coefficient (Wildman–Crippen LogP) is 1.20. The highest BCUT2D eigenvalue weighted by atomic mass is 16.4. The van der Waals surface area contributed by atoms with Crippen LogP contribution in [0.2, 0.25) is 0 Å². The van der Waals surface area contributed by atoms with E-state index in [1.807, 2.05) is 6.92 Å². The van der Waals surface area contributed by atoms with Crippen molar-refractivity contribution in [3.63, 3.8) is 0 Å². The third-order valence-electron chi connectivity index (χ3n) is 2.90. The SMILES string of the molecule is CCCC1NC(=O)N(Cc2cc(C(=O)O)co2)C1=O. The second-order valence-electron chi connectivity index (χ2n) is 4.32. The van der Waals surface area contributed by atoms with Crippen LogP contribution in [0.3, 0.4) is 0 Å². The molecule has 1 aromatic rings. The van der Waals surface area contributed by atoms with Crippen molar-refractivity contribution < 1.29 is 23.9 Å². The molecule has 7 nitrogen and oxygen atoms in total. The van der Waals surface area contributed by atoms with Crippen molar-refractivity contribution in [2.45, 2.75) is 32.4 Å². The molecule has 1 fully saturated rings. The normalized spacial score (nSPS) is 18.8. The summed E-state index contributed by atoms with van der Waals surface area (Å²) in [7, 11) is 0. The Hall–Kier alpha value is -2.31. The Labute approximate surface area is 109 Å². The number of carboxylic acids is 1. The van der Waals surface area contributed by atoms with Crippen molar-refractivity contribution in [1.29, 1.82) is 0 Å². The summed E-state index contributed by atoms with van der Waals surface area (Å²) in [6, 6.07) is 0.332. The Bertz CT molecular complexity index is 522. The zero-order valence-electron chi connectivity index (χ0n) is 10.4. The van der Waals surface area contributed by atoms with Crippen molar-refractivity contribution in [3.05, 3.63) is 23.7 Å². The van der Waals surface area contributed by atoms with Crippen molar-refractivity contribution >= 4 is 17.9 Å². The number of carboxylic acid groups (broad SMARTS) is 1. The van der Waals surface area contributed by atoms with Crippen LogP contribution < -0.4 is 5.32 Å². The van der Waals surface area contributed by atoms with E-state index in [2.05, 4.69) is 5.32 Å². The van der Waals surface area contributed by atoms with E-state index in [0.717, 1.165) is 17.6 Å². The van der Waals surface area contributed by atoms with Gasteiger partial charge in [-0.15, -0.1) is 0 Å². The Morgan fingerprint density at radius 3 is 2.84 bits per heavy atom. The number of aromatic carboxylic acids is 1. The number of imide groups is 1. The van der Waals surface area contributed by atoms with Crippen LogP contribution in [0.5, 0.6) is 0 Å². The van der Waals surface area contributed by atoms with Gasteiger partial charge in [0, 0.05) is 0 Å². The molecule has 2 N–H and O–H groups in total. The van der Waals surface area contributed by atoms with Gasteiger partial charge in [0.25, 0.3) is 5.91 Å². The number of carbonyl (C=O) groups excluding carboxylic acids is 2. The third-order valence-corrected chi connectivity index (χ3v) is 2.90. The van der Waals surface area contributed by atoms with Gasteiger partial charge in [-0.3, -0.25) is 9.69 Å². The summed E-state index contributed by atoms with van der Waals surface area (Å²) < 4.78 is 5.03. The van der Waals surface area contributed by atoms with Gasteiger partial charge in [-0.25, -0.2) is 9.59 Å². The minimum atomic E-state index is -1.11. The largest absolute Gasteiger partial charge is 0.478 e. The molecule has 1 aliphatic rings. The van der Waals surface area contributed by atoms with Gasteiger partial charge in [0.1, 0.15) is 18.1 Å². The van der Waals surface area contributed by atoms with Crippen molar-refractivity contribution in [2.24, 2.45) is 0 Å². The molecule has 0 aliphatic carbocycles. The molecule has 1 saturated heterocycles. The van der Waals surface area contributed by atoms with Gasteiger partial charge < -0.3 is 14.8 Å². The zero-order chi connectivity index (χ0) is 14.0. The summed E-state index contributed by atoms with van der Waals surface area (Å²) in [6.45, 7) is 1.87. The van der Waals surface area contributed by atoms with Crippen LogP contribution in [-0.2, 0) is 11.3 Å².